The number of hydrogen-bond acceptors (Lipinski definition) is 9. The molecule has 1 N–H and O–H groups in total. The first-order valence-corrected chi connectivity index (χ1v) is 15.8. The quantitative estimate of drug-likeness (QED) is 0.298. The van der Waals surface area contributed by atoms with Crippen LogP contribution in [0.1, 0.15) is 67.2 Å². The molecule has 0 aromatic rings. The van der Waals surface area contributed by atoms with Crippen molar-refractivity contribution < 1.29 is 42.6 Å². The summed E-state index contributed by atoms with van der Waals surface area (Å²) in [7, 11) is -3.65. The Morgan fingerprint density at radius 2 is 1.85 bits per heavy atom. The Morgan fingerprint density at radius 3 is 2.46 bits per heavy atom. The molecular weight excluding hydrogens is 523 g/mol. The van der Waals surface area contributed by atoms with E-state index in [4.69, 9.17) is 18.5 Å². The first-order valence-electron chi connectivity index (χ1n) is 14.1. The largest absolute Gasteiger partial charge is 0.458 e. The fourth-order valence-electron chi connectivity index (χ4n) is 8.49. The molecule has 10 heteroatoms. The molecule has 0 bridgehead atoms. The van der Waals surface area contributed by atoms with Gasteiger partial charge in [0, 0.05) is 23.7 Å². The number of hydrogen-bond donors (Lipinski definition) is 1. The summed E-state index contributed by atoms with van der Waals surface area (Å²) in [5, 5.41) is 11.8. The van der Waals surface area contributed by atoms with E-state index >= 15 is 0 Å². The van der Waals surface area contributed by atoms with Gasteiger partial charge in [-0.25, -0.2) is 0 Å². The second kappa shape index (κ2) is 11.0. The fourth-order valence-corrected chi connectivity index (χ4v) is 9.88. The molecule has 0 unspecified atom stereocenters. The average molecular weight is 567 g/mol. The van der Waals surface area contributed by atoms with Crippen LogP contribution in [0.15, 0.2) is 23.8 Å². The topological polar surface area (TPSA) is 125 Å². The number of esters is 1. The standard InChI is InChI=1S/C29H43O9P/c1-7-37-39(34,38-8-2)17-36-29(25(33)16-35-19(4)30)12-10-22-21-13-18(3)23-14-20(31)9-11-27(23,5)26(21)24(32)15-28(22,29)6/h9,11,14,18,21-22,24,26,32H,7-8,10,12-13,15-17H2,1-6H3/t18-,21-,22-,24-,26+,27-,28-,29-/m0/s1. The molecule has 8 atom stereocenters. The van der Waals surface area contributed by atoms with Crippen LogP contribution < -0.4 is 0 Å². The molecule has 0 aromatic carbocycles. The van der Waals surface area contributed by atoms with E-state index in [0.29, 0.717) is 12.8 Å². The van der Waals surface area contributed by atoms with Crippen molar-refractivity contribution in [2.45, 2.75) is 78.9 Å². The predicted molar refractivity (Wildman–Crippen MR) is 144 cm³/mol. The van der Waals surface area contributed by atoms with Gasteiger partial charge in [-0.2, -0.15) is 0 Å². The van der Waals surface area contributed by atoms with Crippen LogP contribution in [-0.4, -0.2) is 60.5 Å². The summed E-state index contributed by atoms with van der Waals surface area (Å²) >= 11 is 0. The lowest BCUT2D eigenvalue weighted by atomic mass is 9.44. The van der Waals surface area contributed by atoms with Crippen molar-refractivity contribution in [3.05, 3.63) is 23.8 Å². The predicted octanol–water partition coefficient (Wildman–Crippen LogP) is 4.62. The van der Waals surface area contributed by atoms with Gasteiger partial charge in [0.25, 0.3) is 0 Å². The summed E-state index contributed by atoms with van der Waals surface area (Å²) in [6, 6.07) is 0. The molecule has 0 saturated heterocycles. The molecule has 0 spiro atoms. The van der Waals surface area contributed by atoms with Gasteiger partial charge >= 0.3 is 13.6 Å². The van der Waals surface area contributed by atoms with Gasteiger partial charge in [-0.1, -0.05) is 32.4 Å². The number of ketones is 2. The zero-order valence-corrected chi connectivity index (χ0v) is 24.8. The molecule has 3 fully saturated rings. The van der Waals surface area contributed by atoms with Crippen LogP contribution in [0.4, 0.5) is 0 Å². The molecule has 0 aromatic heterocycles. The summed E-state index contributed by atoms with van der Waals surface area (Å²) in [6.07, 6.45) is 6.13. The molecule has 3 saturated carbocycles. The summed E-state index contributed by atoms with van der Waals surface area (Å²) in [6.45, 7) is 10.7. The van der Waals surface area contributed by atoms with Gasteiger partial charge in [0.1, 0.15) is 11.9 Å². The third-order valence-corrected chi connectivity index (χ3v) is 11.7. The van der Waals surface area contributed by atoms with Crippen LogP contribution >= 0.6 is 7.60 Å². The van der Waals surface area contributed by atoms with Gasteiger partial charge in [-0.05, 0) is 69.4 Å². The van der Waals surface area contributed by atoms with E-state index in [2.05, 4.69) is 13.8 Å². The average Bonchev–Trinajstić information content (AvgIpc) is 3.15. The van der Waals surface area contributed by atoms with Gasteiger partial charge < -0.3 is 23.6 Å². The van der Waals surface area contributed by atoms with E-state index in [1.807, 2.05) is 13.0 Å². The molecule has 218 valence electrons. The van der Waals surface area contributed by atoms with E-state index in [0.717, 1.165) is 12.0 Å². The Morgan fingerprint density at radius 1 is 1.18 bits per heavy atom. The molecular formula is C29H43O9P. The van der Waals surface area contributed by atoms with Crippen LogP contribution in [0.5, 0.6) is 0 Å². The number of ether oxygens (including phenoxy) is 2. The lowest BCUT2D eigenvalue weighted by Crippen LogP contribution is -2.63. The van der Waals surface area contributed by atoms with Crippen molar-refractivity contribution in [2.24, 2.45) is 34.5 Å². The monoisotopic (exact) mass is 566 g/mol. The van der Waals surface area contributed by atoms with E-state index in [9.17, 15) is 24.1 Å². The number of Topliss-reactive ketones (excluding diaryl/α,β-unsaturated/α-hetero) is 1. The first-order chi connectivity index (χ1) is 18.3. The SMILES string of the molecule is CCOP(=O)(CO[C@]1(C(=O)COC(C)=O)CC[C@H]2[C@@H]3C[C@H](C)C4=CC(=O)C=C[C@]4(C)[C@H]3[C@@H](O)C[C@@]21C)OCC. The normalized spacial score (nSPS) is 39.4. The number of allylic oxidation sites excluding steroid dienone is 4. The Hall–Kier alpha value is -1.64. The Labute approximate surface area is 231 Å². The summed E-state index contributed by atoms with van der Waals surface area (Å²) in [5.41, 5.74) is -1.68. The van der Waals surface area contributed by atoms with Crippen LogP contribution in [-0.2, 0) is 37.5 Å². The van der Waals surface area contributed by atoms with Gasteiger partial charge in [0.05, 0.1) is 19.3 Å². The smallest absolute Gasteiger partial charge is 0.356 e. The van der Waals surface area contributed by atoms with Crippen molar-refractivity contribution >= 4 is 25.1 Å². The molecule has 0 amide bonds. The van der Waals surface area contributed by atoms with Crippen molar-refractivity contribution in [1.29, 1.82) is 0 Å². The molecule has 0 radical (unpaired) electrons. The van der Waals surface area contributed by atoms with Crippen molar-refractivity contribution in [1.82, 2.24) is 0 Å². The number of rotatable bonds is 10. The van der Waals surface area contributed by atoms with E-state index < -0.39 is 54.8 Å². The maximum absolute atomic E-state index is 13.9. The number of aliphatic hydroxyl groups excluding tert-OH is 1. The second-order valence-corrected chi connectivity index (χ2v) is 14.0. The van der Waals surface area contributed by atoms with E-state index in [1.165, 1.54) is 6.92 Å². The van der Waals surface area contributed by atoms with E-state index in [-0.39, 0.29) is 49.1 Å². The summed E-state index contributed by atoms with van der Waals surface area (Å²) in [5.74, 6) is -0.942. The lowest BCUT2D eigenvalue weighted by molar-refractivity contribution is -0.192. The number of aliphatic hydroxyl groups is 1. The third kappa shape index (κ3) is 5.03. The molecule has 4 rings (SSSR count). The highest BCUT2D eigenvalue weighted by molar-refractivity contribution is 7.53. The minimum Gasteiger partial charge on any atom is -0.458 e. The highest BCUT2D eigenvalue weighted by Gasteiger charge is 2.70. The van der Waals surface area contributed by atoms with Gasteiger partial charge in [-0.3, -0.25) is 18.9 Å². The molecule has 9 nitrogen and oxygen atoms in total. The zero-order valence-electron chi connectivity index (χ0n) is 23.9. The fraction of sp³-hybridized carbons (Fsp3) is 0.759. The summed E-state index contributed by atoms with van der Waals surface area (Å²) < 4.78 is 35.8. The highest BCUT2D eigenvalue weighted by Crippen LogP contribution is 2.69. The lowest BCUT2D eigenvalue weighted by Gasteiger charge is -2.61. The third-order valence-electron chi connectivity index (χ3n) is 9.91. The zero-order chi connectivity index (χ0) is 28.8. The van der Waals surface area contributed by atoms with Crippen LogP contribution in [0.2, 0.25) is 0 Å². The summed E-state index contributed by atoms with van der Waals surface area (Å²) in [4.78, 5) is 37.8. The second-order valence-electron chi connectivity index (χ2n) is 12.0. The molecule has 4 aliphatic carbocycles. The van der Waals surface area contributed by atoms with Crippen molar-refractivity contribution in [3.63, 3.8) is 0 Å². The Kier molecular flexibility index (Phi) is 8.53. The number of carbonyl (C=O) groups is 3. The Balaban J connectivity index is 1.73. The molecule has 0 heterocycles. The number of fused-ring (bicyclic) bond motifs is 5. The maximum atomic E-state index is 13.9. The molecule has 39 heavy (non-hydrogen) atoms. The molecule has 4 aliphatic rings. The van der Waals surface area contributed by atoms with E-state index in [1.54, 1.807) is 26.0 Å². The minimum atomic E-state index is -3.65. The first kappa shape index (κ1) is 30.3. The van der Waals surface area contributed by atoms with Crippen LogP contribution in [0.25, 0.3) is 0 Å². The maximum Gasteiger partial charge on any atom is 0.356 e. The molecule has 0 aliphatic heterocycles. The number of carbonyl (C=O) groups excluding carboxylic acids is 3. The van der Waals surface area contributed by atoms with Gasteiger partial charge in [0.2, 0.25) is 5.78 Å². The van der Waals surface area contributed by atoms with Gasteiger partial charge in [0.15, 0.2) is 12.4 Å². The van der Waals surface area contributed by atoms with Crippen LogP contribution in [0, 0.1) is 34.5 Å². The van der Waals surface area contributed by atoms with Crippen molar-refractivity contribution in [2.75, 3.05) is 26.2 Å². The highest BCUT2D eigenvalue weighted by atomic mass is 31.2. The van der Waals surface area contributed by atoms with Crippen LogP contribution in [0.3, 0.4) is 0 Å². The van der Waals surface area contributed by atoms with Crippen molar-refractivity contribution in [3.8, 4) is 0 Å². The minimum absolute atomic E-state index is 0.0117. The van der Waals surface area contributed by atoms with Gasteiger partial charge in [-0.15, -0.1) is 0 Å². The Bertz CT molecular complexity index is 1100.